The van der Waals surface area contributed by atoms with Crippen LogP contribution in [0.5, 0.6) is 11.5 Å². The lowest BCUT2D eigenvalue weighted by atomic mass is 10.1. The van der Waals surface area contributed by atoms with E-state index in [4.69, 9.17) is 9.47 Å². The number of nitrogens with zero attached hydrogens (tertiary/aromatic N) is 4. The Labute approximate surface area is 215 Å². The normalized spacial score (nSPS) is 11.7. The number of ether oxygens (including phenoxy) is 2. The standard InChI is InChI=1S/C25H23BrN4O4S/c1-17-27-28-25(30(17)20-11-7-4-8-12-20)35-23(15-29(31)32)19-13-21(26)24(22(14-19)33-2)34-16-18-9-5-3-6-10-18/h3-14,23H,15-16H2,1-2H3/t23-/m0/s1. The molecule has 0 bridgehead atoms. The third-order valence-electron chi connectivity index (χ3n) is 5.22. The fraction of sp³-hybridized carbons (Fsp3) is 0.200. The first-order chi connectivity index (χ1) is 17.0. The second-order valence-electron chi connectivity index (χ2n) is 7.63. The van der Waals surface area contributed by atoms with Crippen molar-refractivity contribution in [1.29, 1.82) is 0 Å². The van der Waals surface area contributed by atoms with Crippen molar-refractivity contribution in [2.45, 2.75) is 23.9 Å². The van der Waals surface area contributed by atoms with E-state index in [0.29, 0.717) is 39.1 Å². The summed E-state index contributed by atoms with van der Waals surface area (Å²) in [4.78, 5) is 11.3. The molecular formula is C25H23BrN4O4S. The van der Waals surface area contributed by atoms with Gasteiger partial charge in [-0.25, -0.2) is 0 Å². The summed E-state index contributed by atoms with van der Waals surface area (Å²) in [7, 11) is 1.55. The van der Waals surface area contributed by atoms with Gasteiger partial charge in [-0.2, -0.15) is 0 Å². The molecule has 1 aromatic heterocycles. The van der Waals surface area contributed by atoms with E-state index in [0.717, 1.165) is 11.3 Å². The number of para-hydroxylation sites is 1. The number of hydrogen-bond donors (Lipinski definition) is 0. The van der Waals surface area contributed by atoms with Crippen LogP contribution in [-0.4, -0.2) is 33.3 Å². The predicted octanol–water partition coefficient (Wildman–Crippen LogP) is 6.04. The topological polar surface area (TPSA) is 92.3 Å². The number of halogens is 1. The molecule has 35 heavy (non-hydrogen) atoms. The molecule has 180 valence electrons. The second-order valence-corrected chi connectivity index (χ2v) is 9.66. The summed E-state index contributed by atoms with van der Waals surface area (Å²) in [6, 6.07) is 23.1. The van der Waals surface area contributed by atoms with Crippen molar-refractivity contribution in [3.63, 3.8) is 0 Å². The van der Waals surface area contributed by atoms with Crippen molar-refractivity contribution in [2.24, 2.45) is 0 Å². The smallest absolute Gasteiger partial charge is 0.220 e. The van der Waals surface area contributed by atoms with E-state index in [9.17, 15) is 10.1 Å². The predicted molar refractivity (Wildman–Crippen MR) is 138 cm³/mol. The van der Waals surface area contributed by atoms with Crippen LogP contribution in [0.3, 0.4) is 0 Å². The number of rotatable bonds is 10. The van der Waals surface area contributed by atoms with Gasteiger partial charge in [0.15, 0.2) is 16.7 Å². The molecule has 0 saturated heterocycles. The van der Waals surface area contributed by atoms with Gasteiger partial charge in [0.2, 0.25) is 6.54 Å². The highest BCUT2D eigenvalue weighted by Gasteiger charge is 2.26. The fourth-order valence-corrected chi connectivity index (χ4v) is 5.29. The van der Waals surface area contributed by atoms with Crippen LogP contribution in [0, 0.1) is 17.0 Å². The molecule has 0 N–H and O–H groups in total. The zero-order valence-electron chi connectivity index (χ0n) is 19.1. The summed E-state index contributed by atoms with van der Waals surface area (Å²) in [6.07, 6.45) is 0. The molecule has 0 unspecified atom stereocenters. The summed E-state index contributed by atoms with van der Waals surface area (Å²) in [5, 5.41) is 20.1. The van der Waals surface area contributed by atoms with Crippen LogP contribution < -0.4 is 9.47 Å². The van der Waals surface area contributed by atoms with Crippen LogP contribution in [0.2, 0.25) is 0 Å². The SMILES string of the molecule is COc1cc([C@H](C[N+](=O)[O-])Sc2nnc(C)n2-c2ccccc2)cc(Br)c1OCc1ccccc1. The van der Waals surface area contributed by atoms with Crippen molar-refractivity contribution in [3.8, 4) is 17.2 Å². The molecule has 0 fully saturated rings. The summed E-state index contributed by atoms with van der Waals surface area (Å²) in [5.41, 5.74) is 2.62. The Morgan fingerprint density at radius 2 is 1.77 bits per heavy atom. The summed E-state index contributed by atoms with van der Waals surface area (Å²) >= 11 is 4.86. The minimum Gasteiger partial charge on any atom is -0.493 e. The van der Waals surface area contributed by atoms with E-state index in [1.807, 2.05) is 78.2 Å². The number of aromatic nitrogens is 3. The average molecular weight is 555 g/mol. The zero-order valence-corrected chi connectivity index (χ0v) is 21.5. The summed E-state index contributed by atoms with van der Waals surface area (Å²) < 4.78 is 14.2. The average Bonchev–Trinajstić information content (AvgIpc) is 3.23. The molecule has 4 aromatic rings. The van der Waals surface area contributed by atoms with Crippen LogP contribution in [-0.2, 0) is 6.61 Å². The summed E-state index contributed by atoms with van der Waals surface area (Å²) in [6.45, 7) is 1.91. The van der Waals surface area contributed by atoms with Gasteiger partial charge in [0.25, 0.3) is 0 Å². The van der Waals surface area contributed by atoms with Crippen molar-refractivity contribution >= 4 is 27.7 Å². The van der Waals surface area contributed by atoms with Gasteiger partial charge in [0.1, 0.15) is 17.7 Å². The molecule has 0 aliphatic carbocycles. The molecule has 0 saturated carbocycles. The first-order valence-corrected chi connectivity index (χ1v) is 12.4. The Bertz CT molecular complexity index is 1300. The number of nitro groups is 1. The molecular weight excluding hydrogens is 532 g/mol. The quantitative estimate of drug-likeness (QED) is 0.134. The molecule has 0 aliphatic rings. The molecule has 4 rings (SSSR count). The maximum Gasteiger partial charge on any atom is 0.220 e. The molecule has 0 spiro atoms. The molecule has 1 atom stereocenters. The van der Waals surface area contributed by atoms with Crippen LogP contribution >= 0.6 is 27.7 Å². The van der Waals surface area contributed by atoms with E-state index < -0.39 is 5.25 Å². The van der Waals surface area contributed by atoms with Gasteiger partial charge in [0, 0.05) is 10.6 Å². The number of benzene rings is 3. The van der Waals surface area contributed by atoms with E-state index in [-0.39, 0.29) is 11.5 Å². The lowest BCUT2D eigenvalue weighted by Gasteiger charge is -2.18. The third kappa shape index (κ3) is 6.01. The molecule has 1 heterocycles. The Morgan fingerprint density at radius 3 is 2.43 bits per heavy atom. The van der Waals surface area contributed by atoms with Gasteiger partial charge in [-0.05, 0) is 58.2 Å². The van der Waals surface area contributed by atoms with Gasteiger partial charge in [-0.1, -0.05) is 60.3 Å². The van der Waals surface area contributed by atoms with Crippen molar-refractivity contribution in [3.05, 3.63) is 104 Å². The van der Waals surface area contributed by atoms with E-state index in [1.54, 1.807) is 13.2 Å². The Kier molecular flexibility index (Phi) is 8.04. The lowest BCUT2D eigenvalue weighted by molar-refractivity contribution is -0.479. The lowest BCUT2D eigenvalue weighted by Crippen LogP contribution is -2.12. The van der Waals surface area contributed by atoms with E-state index in [2.05, 4.69) is 26.1 Å². The van der Waals surface area contributed by atoms with Gasteiger partial charge < -0.3 is 9.47 Å². The van der Waals surface area contributed by atoms with E-state index >= 15 is 0 Å². The van der Waals surface area contributed by atoms with Crippen LogP contribution in [0.1, 0.15) is 22.2 Å². The third-order valence-corrected chi connectivity index (χ3v) is 6.99. The number of methoxy groups -OCH3 is 1. The van der Waals surface area contributed by atoms with Gasteiger partial charge in [0.05, 0.1) is 11.6 Å². The highest BCUT2D eigenvalue weighted by Crippen LogP contribution is 2.43. The molecule has 10 heteroatoms. The largest absolute Gasteiger partial charge is 0.493 e. The van der Waals surface area contributed by atoms with E-state index in [1.165, 1.54) is 11.8 Å². The molecule has 3 aromatic carbocycles. The Hall–Kier alpha value is -3.37. The molecule has 0 amide bonds. The molecule has 0 aliphatic heterocycles. The number of thioether (sulfide) groups is 1. The highest BCUT2D eigenvalue weighted by atomic mass is 79.9. The minimum atomic E-state index is -0.538. The summed E-state index contributed by atoms with van der Waals surface area (Å²) in [5.74, 6) is 1.72. The maximum atomic E-state index is 11.6. The zero-order chi connectivity index (χ0) is 24.8. The van der Waals surface area contributed by atoms with Crippen LogP contribution in [0.15, 0.2) is 82.4 Å². The Morgan fingerprint density at radius 1 is 1.09 bits per heavy atom. The van der Waals surface area contributed by atoms with Crippen molar-refractivity contribution < 1.29 is 14.4 Å². The first-order valence-electron chi connectivity index (χ1n) is 10.8. The molecule has 8 nitrogen and oxygen atoms in total. The van der Waals surface area contributed by atoms with Crippen LogP contribution in [0.4, 0.5) is 0 Å². The first kappa shape index (κ1) is 24.7. The highest BCUT2D eigenvalue weighted by molar-refractivity contribution is 9.10. The second kappa shape index (κ2) is 11.4. The van der Waals surface area contributed by atoms with Gasteiger partial charge in [-0.3, -0.25) is 14.7 Å². The Balaban J connectivity index is 1.65. The van der Waals surface area contributed by atoms with Crippen molar-refractivity contribution in [1.82, 2.24) is 14.8 Å². The fourth-order valence-electron chi connectivity index (χ4n) is 3.56. The van der Waals surface area contributed by atoms with Crippen molar-refractivity contribution in [2.75, 3.05) is 13.7 Å². The maximum absolute atomic E-state index is 11.6. The van der Waals surface area contributed by atoms with Gasteiger partial charge >= 0.3 is 0 Å². The number of aryl methyl sites for hydroxylation is 1. The van der Waals surface area contributed by atoms with Crippen LogP contribution in [0.25, 0.3) is 5.69 Å². The monoisotopic (exact) mass is 554 g/mol. The van der Waals surface area contributed by atoms with Gasteiger partial charge in [-0.15, -0.1) is 10.2 Å². The molecule has 0 radical (unpaired) electrons. The minimum absolute atomic E-state index is 0.300. The number of hydrogen-bond acceptors (Lipinski definition) is 7.